The quantitative estimate of drug-likeness (QED) is 0.643. The SMILES string of the molecule is Cc1ccc(CN(C)C(=O)c2sc(NC(=O)c3ccccc3Cl)cc2C)o1. The van der Waals surface area contributed by atoms with Crippen molar-refractivity contribution in [3.63, 3.8) is 0 Å². The van der Waals surface area contributed by atoms with Gasteiger partial charge in [0.2, 0.25) is 0 Å². The second kappa shape index (κ2) is 7.98. The highest BCUT2D eigenvalue weighted by Gasteiger charge is 2.20. The van der Waals surface area contributed by atoms with E-state index in [1.165, 1.54) is 11.3 Å². The molecule has 0 unspecified atom stereocenters. The summed E-state index contributed by atoms with van der Waals surface area (Å²) in [6, 6.07) is 12.3. The lowest BCUT2D eigenvalue weighted by atomic mass is 10.2. The van der Waals surface area contributed by atoms with Gasteiger partial charge in [0, 0.05) is 7.05 Å². The number of hydrogen-bond donors (Lipinski definition) is 1. The Kier molecular flexibility index (Phi) is 5.68. The molecule has 3 aromatic rings. The van der Waals surface area contributed by atoms with Gasteiger partial charge in [-0.2, -0.15) is 0 Å². The van der Waals surface area contributed by atoms with E-state index in [0.717, 1.165) is 17.1 Å². The van der Waals surface area contributed by atoms with Gasteiger partial charge < -0.3 is 14.6 Å². The van der Waals surface area contributed by atoms with E-state index in [0.29, 0.717) is 27.0 Å². The molecule has 0 aliphatic rings. The van der Waals surface area contributed by atoms with Gasteiger partial charge in [-0.25, -0.2) is 0 Å². The summed E-state index contributed by atoms with van der Waals surface area (Å²) < 4.78 is 5.53. The summed E-state index contributed by atoms with van der Waals surface area (Å²) in [5.74, 6) is 1.11. The average molecular weight is 403 g/mol. The number of amides is 2. The normalized spacial score (nSPS) is 10.7. The first kappa shape index (κ1) is 19.2. The van der Waals surface area contributed by atoms with E-state index in [2.05, 4.69) is 5.32 Å². The van der Waals surface area contributed by atoms with Gasteiger partial charge in [-0.15, -0.1) is 11.3 Å². The van der Waals surface area contributed by atoms with E-state index in [1.807, 2.05) is 26.0 Å². The van der Waals surface area contributed by atoms with Gasteiger partial charge in [-0.1, -0.05) is 23.7 Å². The van der Waals surface area contributed by atoms with E-state index in [-0.39, 0.29) is 11.8 Å². The first-order valence-corrected chi connectivity index (χ1v) is 9.51. The highest BCUT2D eigenvalue weighted by Crippen LogP contribution is 2.29. The number of benzene rings is 1. The van der Waals surface area contributed by atoms with Crippen LogP contribution in [0.5, 0.6) is 0 Å². The third-order valence-corrected chi connectivity index (χ3v) is 5.47. The lowest BCUT2D eigenvalue weighted by molar-refractivity contribution is 0.0779. The predicted molar refractivity (Wildman–Crippen MR) is 108 cm³/mol. The Balaban J connectivity index is 1.72. The molecule has 0 aliphatic carbocycles. The smallest absolute Gasteiger partial charge is 0.264 e. The molecule has 0 spiro atoms. The van der Waals surface area contributed by atoms with Crippen molar-refractivity contribution < 1.29 is 14.0 Å². The summed E-state index contributed by atoms with van der Waals surface area (Å²) in [6.45, 7) is 4.09. The van der Waals surface area contributed by atoms with E-state index >= 15 is 0 Å². The molecule has 1 aromatic carbocycles. The Morgan fingerprint density at radius 1 is 1.19 bits per heavy atom. The van der Waals surface area contributed by atoms with E-state index in [1.54, 1.807) is 42.3 Å². The van der Waals surface area contributed by atoms with Crippen molar-refractivity contribution in [2.45, 2.75) is 20.4 Å². The highest BCUT2D eigenvalue weighted by atomic mass is 35.5. The standard InChI is InChI=1S/C20H19ClN2O3S/c1-12-10-17(22-19(24)15-6-4-5-7-16(15)21)27-18(12)20(25)23(3)11-14-9-8-13(2)26-14/h4-10H,11H2,1-3H3,(H,22,24). The van der Waals surface area contributed by atoms with Crippen molar-refractivity contribution in [2.75, 3.05) is 12.4 Å². The second-order valence-corrected chi connectivity index (χ2v) is 7.69. The number of anilines is 1. The fourth-order valence-electron chi connectivity index (χ4n) is 2.63. The minimum atomic E-state index is -0.305. The maximum absolute atomic E-state index is 12.8. The minimum Gasteiger partial charge on any atom is -0.464 e. The van der Waals surface area contributed by atoms with Crippen LogP contribution in [-0.4, -0.2) is 23.8 Å². The highest BCUT2D eigenvalue weighted by molar-refractivity contribution is 7.18. The number of carbonyl (C=O) groups excluding carboxylic acids is 2. The average Bonchev–Trinajstić information content (AvgIpc) is 3.19. The Morgan fingerprint density at radius 3 is 2.59 bits per heavy atom. The molecule has 3 rings (SSSR count). The van der Waals surface area contributed by atoms with Crippen LogP contribution in [0.4, 0.5) is 5.00 Å². The minimum absolute atomic E-state index is 0.121. The van der Waals surface area contributed by atoms with Gasteiger partial charge in [0.15, 0.2) is 0 Å². The van der Waals surface area contributed by atoms with Crippen LogP contribution in [0.2, 0.25) is 5.02 Å². The van der Waals surface area contributed by atoms with Crippen molar-refractivity contribution in [3.8, 4) is 0 Å². The molecular weight excluding hydrogens is 384 g/mol. The van der Waals surface area contributed by atoms with Crippen LogP contribution in [0.25, 0.3) is 0 Å². The Bertz CT molecular complexity index is 993. The van der Waals surface area contributed by atoms with Gasteiger partial charge in [-0.3, -0.25) is 9.59 Å². The first-order valence-electron chi connectivity index (χ1n) is 8.32. The molecular formula is C20H19ClN2O3S. The third-order valence-electron chi connectivity index (χ3n) is 4.00. The largest absolute Gasteiger partial charge is 0.464 e. The molecule has 0 atom stereocenters. The van der Waals surface area contributed by atoms with Crippen LogP contribution < -0.4 is 5.32 Å². The third kappa shape index (κ3) is 4.40. The summed E-state index contributed by atoms with van der Waals surface area (Å²) in [7, 11) is 1.72. The fourth-order valence-corrected chi connectivity index (χ4v) is 3.91. The van der Waals surface area contributed by atoms with Gasteiger partial charge in [0.05, 0.1) is 27.0 Å². The van der Waals surface area contributed by atoms with Crippen molar-refractivity contribution in [3.05, 3.63) is 75.0 Å². The van der Waals surface area contributed by atoms with Crippen molar-refractivity contribution in [1.82, 2.24) is 4.90 Å². The topological polar surface area (TPSA) is 62.6 Å². The number of carbonyl (C=O) groups is 2. The molecule has 0 radical (unpaired) electrons. The van der Waals surface area contributed by atoms with E-state index < -0.39 is 0 Å². The summed E-state index contributed by atoms with van der Waals surface area (Å²) in [6.07, 6.45) is 0. The van der Waals surface area contributed by atoms with Crippen molar-refractivity contribution >= 4 is 39.8 Å². The molecule has 0 fully saturated rings. The molecule has 2 aromatic heterocycles. The molecule has 140 valence electrons. The van der Waals surface area contributed by atoms with Crippen molar-refractivity contribution in [2.24, 2.45) is 0 Å². The van der Waals surface area contributed by atoms with E-state index in [9.17, 15) is 9.59 Å². The van der Waals surface area contributed by atoms with Crippen LogP contribution in [0.1, 0.15) is 37.1 Å². The molecule has 2 heterocycles. The first-order chi connectivity index (χ1) is 12.8. The summed E-state index contributed by atoms with van der Waals surface area (Å²) >= 11 is 7.31. The maximum atomic E-state index is 12.8. The van der Waals surface area contributed by atoms with Crippen molar-refractivity contribution in [1.29, 1.82) is 0 Å². The van der Waals surface area contributed by atoms with Crippen LogP contribution >= 0.6 is 22.9 Å². The lowest BCUT2D eigenvalue weighted by Gasteiger charge is -2.15. The molecule has 1 N–H and O–H groups in total. The summed E-state index contributed by atoms with van der Waals surface area (Å²) in [5, 5.41) is 3.80. The Labute approximate surface area is 166 Å². The second-order valence-electron chi connectivity index (χ2n) is 6.23. The zero-order chi connectivity index (χ0) is 19.6. The van der Waals surface area contributed by atoms with Gasteiger partial charge in [-0.05, 0) is 49.7 Å². The Hall–Kier alpha value is -2.57. The molecule has 0 saturated carbocycles. The lowest BCUT2D eigenvalue weighted by Crippen LogP contribution is -2.25. The molecule has 0 aliphatic heterocycles. The number of furan rings is 1. The Morgan fingerprint density at radius 2 is 1.93 bits per heavy atom. The number of nitrogens with zero attached hydrogens (tertiary/aromatic N) is 1. The molecule has 7 heteroatoms. The van der Waals surface area contributed by atoms with Gasteiger partial charge >= 0.3 is 0 Å². The van der Waals surface area contributed by atoms with E-state index in [4.69, 9.17) is 16.0 Å². The van der Waals surface area contributed by atoms with Crippen LogP contribution in [0, 0.1) is 13.8 Å². The molecule has 2 amide bonds. The molecule has 5 nitrogen and oxygen atoms in total. The molecule has 0 saturated heterocycles. The summed E-state index contributed by atoms with van der Waals surface area (Å²) in [5.41, 5.74) is 1.20. The number of aryl methyl sites for hydroxylation is 2. The summed E-state index contributed by atoms with van der Waals surface area (Å²) in [4.78, 5) is 27.3. The molecule has 0 bridgehead atoms. The van der Waals surface area contributed by atoms with Crippen LogP contribution in [0.3, 0.4) is 0 Å². The van der Waals surface area contributed by atoms with Crippen LogP contribution in [-0.2, 0) is 6.54 Å². The van der Waals surface area contributed by atoms with Gasteiger partial charge in [0.25, 0.3) is 11.8 Å². The number of halogens is 1. The monoisotopic (exact) mass is 402 g/mol. The zero-order valence-electron chi connectivity index (χ0n) is 15.2. The number of thiophene rings is 1. The molecule has 27 heavy (non-hydrogen) atoms. The number of nitrogens with one attached hydrogen (secondary N) is 1. The zero-order valence-corrected chi connectivity index (χ0v) is 16.8. The number of hydrogen-bond acceptors (Lipinski definition) is 4. The van der Waals surface area contributed by atoms with Crippen LogP contribution in [0.15, 0.2) is 46.9 Å². The predicted octanol–water partition coefficient (Wildman–Crippen LogP) is 5.14. The fraction of sp³-hybridized carbons (Fsp3) is 0.200. The number of rotatable bonds is 5. The van der Waals surface area contributed by atoms with Gasteiger partial charge in [0.1, 0.15) is 11.5 Å². The maximum Gasteiger partial charge on any atom is 0.264 e.